The molecule has 2 aromatic carbocycles. The van der Waals surface area contributed by atoms with Gasteiger partial charge in [0.1, 0.15) is 0 Å². The molecule has 0 atom stereocenters. The highest BCUT2D eigenvalue weighted by Gasteiger charge is 2.34. The quantitative estimate of drug-likeness (QED) is 0.722. The summed E-state index contributed by atoms with van der Waals surface area (Å²) in [6.07, 6.45) is 2.47. The van der Waals surface area contributed by atoms with E-state index in [1.165, 1.54) is 4.90 Å². The second kappa shape index (κ2) is 8.63. The molecule has 4 rings (SSSR count). The first kappa shape index (κ1) is 18.8. The number of benzene rings is 2. The number of rotatable bonds is 5. The van der Waals surface area contributed by atoms with Gasteiger partial charge in [0.2, 0.25) is 0 Å². The summed E-state index contributed by atoms with van der Waals surface area (Å²) < 4.78 is 5.39. The minimum atomic E-state index is -0.205. The number of morpholine rings is 1. The van der Waals surface area contributed by atoms with E-state index in [-0.39, 0.29) is 11.1 Å². The first-order chi connectivity index (χ1) is 13.7. The van der Waals surface area contributed by atoms with Gasteiger partial charge in [-0.25, -0.2) is 0 Å². The molecule has 144 valence electrons. The fraction of sp³-hybridized carbons (Fsp3) is 0.273. The van der Waals surface area contributed by atoms with Crippen molar-refractivity contribution in [2.24, 2.45) is 0 Å². The average molecular weight is 394 g/mol. The predicted molar refractivity (Wildman–Crippen MR) is 112 cm³/mol. The van der Waals surface area contributed by atoms with E-state index < -0.39 is 0 Å². The predicted octanol–water partition coefficient (Wildman–Crippen LogP) is 3.80. The molecular formula is C22H22N2O3S. The van der Waals surface area contributed by atoms with Gasteiger partial charge in [-0.1, -0.05) is 42.5 Å². The molecule has 2 aliphatic rings. The zero-order valence-corrected chi connectivity index (χ0v) is 16.4. The topological polar surface area (TPSA) is 49.9 Å². The Morgan fingerprint density at radius 1 is 0.964 bits per heavy atom. The number of imide groups is 1. The van der Waals surface area contributed by atoms with Gasteiger partial charge >= 0.3 is 0 Å². The Morgan fingerprint density at radius 2 is 1.68 bits per heavy atom. The second-order valence-electron chi connectivity index (χ2n) is 6.76. The molecular weight excluding hydrogens is 372 g/mol. The third kappa shape index (κ3) is 4.29. The molecule has 0 bridgehead atoms. The number of amides is 2. The standard InChI is InChI=1S/C22H22N2O3S/c25-21-20(28-22(26)24(21)11-10-17-4-2-1-3-5-17)16-18-6-8-19(9-7-18)23-12-14-27-15-13-23/h1-9,16H,10-15H2/b20-16+. The average Bonchev–Trinajstić information content (AvgIpc) is 3.01. The summed E-state index contributed by atoms with van der Waals surface area (Å²) in [5.74, 6) is -0.205. The molecule has 5 nitrogen and oxygen atoms in total. The van der Waals surface area contributed by atoms with Gasteiger partial charge in [-0.3, -0.25) is 14.5 Å². The van der Waals surface area contributed by atoms with Crippen LogP contribution in [0.2, 0.25) is 0 Å². The van der Waals surface area contributed by atoms with E-state index in [0.717, 1.165) is 54.9 Å². The molecule has 2 aromatic rings. The lowest BCUT2D eigenvalue weighted by Gasteiger charge is -2.28. The summed E-state index contributed by atoms with van der Waals surface area (Å²) in [4.78, 5) is 29.0. The largest absolute Gasteiger partial charge is 0.378 e. The van der Waals surface area contributed by atoms with Crippen LogP contribution >= 0.6 is 11.8 Å². The fourth-order valence-electron chi connectivity index (χ4n) is 3.33. The van der Waals surface area contributed by atoms with Gasteiger partial charge in [0, 0.05) is 25.3 Å². The van der Waals surface area contributed by atoms with Crippen LogP contribution in [0.25, 0.3) is 6.08 Å². The second-order valence-corrected chi connectivity index (χ2v) is 7.75. The first-order valence-electron chi connectivity index (χ1n) is 9.43. The van der Waals surface area contributed by atoms with Crippen LogP contribution in [0, 0.1) is 0 Å². The number of anilines is 1. The van der Waals surface area contributed by atoms with E-state index in [1.54, 1.807) is 6.08 Å². The van der Waals surface area contributed by atoms with Crippen molar-refractivity contribution < 1.29 is 14.3 Å². The highest BCUT2D eigenvalue weighted by atomic mass is 32.2. The Bertz CT molecular complexity index is 874. The van der Waals surface area contributed by atoms with Crippen LogP contribution in [0.5, 0.6) is 0 Å². The number of carbonyl (C=O) groups excluding carboxylic acids is 2. The summed E-state index contributed by atoms with van der Waals surface area (Å²) in [5.41, 5.74) is 3.19. The van der Waals surface area contributed by atoms with E-state index >= 15 is 0 Å². The summed E-state index contributed by atoms with van der Waals surface area (Å²) in [6, 6.07) is 18.0. The third-order valence-corrected chi connectivity index (χ3v) is 5.81. The molecule has 0 spiro atoms. The van der Waals surface area contributed by atoms with E-state index in [2.05, 4.69) is 17.0 Å². The molecule has 2 heterocycles. The van der Waals surface area contributed by atoms with Gasteiger partial charge in [0.05, 0.1) is 18.1 Å². The SMILES string of the molecule is O=C1S/C(=C/c2ccc(N3CCOCC3)cc2)C(=O)N1CCc1ccccc1. The maximum Gasteiger partial charge on any atom is 0.293 e. The molecule has 2 saturated heterocycles. The molecule has 2 fully saturated rings. The zero-order valence-electron chi connectivity index (χ0n) is 15.5. The Morgan fingerprint density at radius 3 is 2.39 bits per heavy atom. The minimum absolute atomic E-state index is 0.197. The number of hydrogen-bond acceptors (Lipinski definition) is 5. The Kier molecular flexibility index (Phi) is 5.78. The number of thioether (sulfide) groups is 1. The van der Waals surface area contributed by atoms with Crippen LogP contribution in [0.4, 0.5) is 10.5 Å². The van der Waals surface area contributed by atoms with Crippen LogP contribution in [0.15, 0.2) is 59.5 Å². The molecule has 2 aliphatic heterocycles. The smallest absolute Gasteiger partial charge is 0.293 e. The molecule has 0 radical (unpaired) electrons. The summed E-state index contributed by atoms with van der Waals surface area (Å²) in [6.45, 7) is 3.68. The molecule has 0 aromatic heterocycles. The van der Waals surface area contributed by atoms with E-state index in [9.17, 15) is 9.59 Å². The van der Waals surface area contributed by atoms with Crippen molar-refractivity contribution in [2.75, 3.05) is 37.7 Å². The van der Waals surface area contributed by atoms with Crippen LogP contribution in [-0.4, -0.2) is 48.9 Å². The number of nitrogens with zero attached hydrogens (tertiary/aromatic N) is 2. The minimum Gasteiger partial charge on any atom is -0.378 e. The van der Waals surface area contributed by atoms with E-state index in [1.807, 2.05) is 42.5 Å². The molecule has 0 saturated carbocycles. The van der Waals surface area contributed by atoms with Gasteiger partial charge in [-0.2, -0.15) is 0 Å². The Labute approximate surface area is 169 Å². The lowest BCUT2D eigenvalue weighted by molar-refractivity contribution is -0.122. The summed E-state index contributed by atoms with van der Waals surface area (Å²) >= 11 is 1.02. The molecule has 28 heavy (non-hydrogen) atoms. The van der Waals surface area contributed by atoms with Gasteiger partial charge in [0.15, 0.2) is 0 Å². The molecule has 2 amide bonds. The molecule has 0 N–H and O–H groups in total. The highest BCUT2D eigenvalue weighted by Crippen LogP contribution is 2.32. The third-order valence-electron chi connectivity index (χ3n) is 4.91. The van der Waals surface area contributed by atoms with Crippen LogP contribution in [-0.2, 0) is 16.0 Å². The van der Waals surface area contributed by atoms with Crippen LogP contribution in [0.1, 0.15) is 11.1 Å². The van der Waals surface area contributed by atoms with E-state index in [4.69, 9.17) is 4.74 Å². The summed E-state index contributed by atoms with van der Waals surface area (Å²) in [7, 11) is 0. The van der Waals surface area contributed by atoms with Crippen LogP contribution < -0.4 is 4.90 Å². The van der Waals surface area contributed by atoms with Crippen molar-refractivity contribution in [2.45, 2.75) is 6.42 Å². The van der Waals surface area contributed by atoms with Crippen molar-refractivity contribution in [1.82, 2.24) is 4.90 Å². The maximum absolute atomic E-state index is 12.6. The monoisotopic (exact) mass is 394 g/mol. The van der Waals surface area contributed by atoms with Crippen LogP contribution in [0.3, 0.4) is 0 Å². The normalized spacial score (nSPS) is 18.9. The van der Waals surface area contributed by atoms with Gasteiger partial charge in [-0.15, -0.1) is 0 Å². The lowest BCUT2D eigenvalue weighted by Crippen LogP contribution is -2.36. The van der Waals surface area contributed by atoms with Gasteiger partial charge in [-0.05, 0) is 47.5 Å². The molecule has 0 unspecified atom stereocenters. The highest BCUT2D eigenvalue weighted by molar-refractivity contribution is 8.18. The number of ether oxygens (including phenoxy) is 1. The fourth-order valence-corrected chi connectivity index (χ4v) is 4.20. The molecule has 0 aliphatic carbocycles. The summed E-state index contributed by atoms with van der Waals surface area (Å²) in [5, 5.41) is -0.197. The van der Waals surface area contributed by atoms with Crippen molar-refractivity contribution >= 4 is 34.7 Å². The van der Waals surface area contributed by atoms with Crippen molar-refractivity contribution in [3.05, 3.63) is 70.6 Å². The number of hydrogen-bond donors (Lipinski definition) is 0. The Balaban J connectivity index is 1.41. The van der Waals surface area contributed by atoms with Gasteiger partial charge < -0.3 is 9.64 Å². The number of carbonyl (C=O) groups is 2. The molecule has 6 heteroatoms. The van der Waals surface area contributed by atoms with Crippen molar-refractivity contribution in [1.29, 1.82) is 0 Å². The maximum atomic E-state index is 12.6. The first-order valence-corrected chi connectivity index (χ1v) is 10.2. The zero-order chi connectivity index (χ0) is 19.3. The lowest BCUT2D eigenvalue weighted by atomic mass is 10.1. The Hall–Kier alpha value is -2.57. The van der Waals surface area contributed by atoms with E-state index in [0.29, 0.717) is 17.9 Å². The van der Waals surface area contributed by atoms with Crippen molar-refractivity contribution in [3.8, 4) is 0 Å². The van der Waals surface area contributed by atoms with Crippen molar-refractivity contribution in [3.63, 3.8) is 0 Å². The van der Waals surface area contributed by atoms with Gasteiger partial charge in [0.25, 0.3) is 11.1 Å².